The number of piperidine rings is 1. The molecule has 3 heteroatoms. The van der Waals surface area contributed by atoms with Crippen molar-refractivity contribution in [1.29, 1.82) is 0 Å². The average molecular weight is 246 g/mol. The molecule has 1 aromatic rings. The summed E-state index contributed by atoms with van der Waals surface area (Å²) in [6, 6.07) is 5.56. The van der Waals surface area contributed by atoms with Gasteiger partial charge in [-0.1, -0.05) is 19.4 Å². The van der Waals surface area contributed by atoms with Gasteiger partial charge in [-0.25, -0.2) is 0 Å². The van der Waals surface area contributed by atoms with Crippen LogP contribution in [0.25, 0.3) is 0 Å². The van der Waals surface area contributed by atoms with Gasteiger partial charge in [-0.05, 0) is 43.4 Å². The van der Waals surface area contributed by atoms with E-state index in [0.717, 1.165) is 43.0 Å². The number of nitrogen functional groups attached to an aromatic ring is 1. The van der Waals surface area contributed by atoms with Crippen molar-refractivity contribution in [3.05, 3.63) is 29.3 Å². The van der Waals surface area contributed by atoms with Crippen LogP contribution in [0, 0.1) is 12.8 Å². The molecule has 1 aliphatic rings. The Balaban J connectivity index is 2.10. The van der Waals surface area contributed by atoms with Gasteiger partial charge in [0.2, 0.25) is 0 Å². The highest BCUT2D eigenvalue weighted by Crippen LogP contribution is 2.22. The predicted octanol–water partition coefficient (Wildman–Crippen LogP) is 2.84. The monoisotopic (exact) mass is 246 g/mol. The molecule has 18 heavy (non-hydrogen) atoms. The summed E-state index contributed by atoms with van der Waals surface area (Å²) < 4.78 is 0. The van der Waals surface area contributed by atoms with E-state index in [2.05, 4.69) is 6.92 Å². The first-order chi connectivity index (χ1) is 8.61. The van der Waals surface area contributed by atoms with Gasteiger partial charge in [0, 0.05) is 24.3 Å². The molecule has 1 fully saturated rings. The number of anilines is 1. The van der Waals surface area contributed by atoms with E-state index in [9.17, 15) is 4.79 Å². The summed E-state index contributed by atoms with van der Waals surface area (Å²) in [5, 5.41) is 0. The fraction of sp³-hybridized carbons (Fsp3) is 0.533. The molecule has 0 radical (unpaired) electrons. The second-order valence-electron chi connectivity index (χ2n) is 5.22. The number of carbonyl (C=O) groups is 1. The van der Waals surface area contributed by atoms with Crippen LogP contribution < -0.4 is 5.73 Å². The molecule has 0 spiro atoms. The zero-order chi connectivity index (χ0) is 13.1. The number of rotatable bonds is 2. The third-order valence-corrected chi connectivity index (χ3v) is 3.97. The Kier molecular flexibility index (Phi) is 3.90. The zero-order valence-electron chi connectivity index (χ0n) is 11.3. The van der Waals surface area contributed by atoms with Crippen LogP contribution in [0.15, 0.2) is 18.2 Å². The largest absolute Gasteiger partial charge is 0.399 e. The van der Waals surface area contributed by atoms with E-state index in [4.69, 9.17) is 5.73 Å². The average Bonchev–Trinajstić information content (AvgIpc) is 2.41. The van der Waals surface area contributed by atoms with Crippen LogP contribution in [0.3, 0.4) is 0 Å². The Morgan fingerprint density at radius 3 is 2.67 bits per heavy atom. The number of amides is 1. The summed E-state index contributed by atoms with van der Waals surface area (Å²) in [4.78, 5) is 14.4. The first-order valence-corrected chi connectivity index (χ1v) is 6.77. The second kappa shape index (κ2) is 5.42. The third-order valence-electron chi connectivity index (χ3n) is 3.97. The number of benzene rings is 1. The summed E-state index contributed by atoms with van der Waals surface area (Å²) in [6.07, 6.45) is 3.48. The van der Waals surface area contributed by atoms with Crippen molar-refractivity contribution in [3.8, 4) is 0 Å². The molecule has 0 saturated carbocycles. The Bertz CT molecular complexity index is 434. The standard InChI is InChI=1S/C15H22N2O/c1-3-12-6-8-17(9-7-12)15(18)14-10-13(16)5-4-11(14)2/h4-5,10,12H,3,6-9,16H2,1-2H3. The second-order valence-corrected chi connectivity index (χ2v) is 5.22. The van der Waals surface area contributed by atoms with E-state index in [-0.39, 0.29) is 5.91 Å². The summed E-state index contributed by atoms with van der Waals surface area (Å²) in [5.41, 5.74) is 8.19. The Morgan fingerprint density at radius 1 is 1.39 bits per heavy atom. The Hall–Kier alpha value is -1.51. The molecule has 3 nitrogen and oxygen atoms in total. The van der Waals surface area contributed by atoms with Crippen LogP contribution >= 0.6 is 0 Å². The van der Waals surface area contributed by atoms with E-state index >= 15 is 0 Å². The quantitative estimate of drug-likeness (QED) is 0.816. The van der Waals surface area contributed by atoms with Gasteiger partial charge >= 0.3 is 0 Å². The minimum Gasteiger partial charge on any atom is -0.399 e. The lowest BCUT2D eigenvalue weighted by molar-refractivity contribution is 0.0688. The van der Waals surface area contributed by atoms with Gasteiger partial charge in [0.15, 0.2) is 0 Å². The number of hydrogen-bond donors (Lipinski definition) is 1. The Labute approximate surface area is 109 Å². The molecule has 0 atom stereocenters. The molecular formula is C15H22N2O. The SMILES string of the molecule is CCC1CCN(C(=O)c2cc(N)ccc2C)CC1. The van der Waals surface area contributed by atoms with Gasteiger partial charge < -0.3 is 10.6 Å². The third kappa shape index (κ3) is 2.66. The van der Waals surface area contributed by atoms with Crippen LogP contribution in [0.1, 0.15) is 42.1 Å². The van der Waals surface area contributed by atoms with E-state index in [1.165, 1.54) is 6.42 Å². The number of nitrogens with zero attached hydrogens (tertiary/aromatic N) is 1. The zero-order valence-corrected chi connectivity index (χ0v) is 11.3. The molecule has 1 amide bonds. The minimum absolute atomic E-state index is 0.134. The maximum absolute atomic E-state index is 12.4. The van der Waals surface area contributed by atoms with Gasteiger partial charge in [0.1, 0.15) is 0 Å². The van der Waals surface area contributed by atoms with Crippen molar-refractivity contribution in [2.45, 2.75) is 33.1 Å². The van der Waals surface area contributed by atoms with E-state index in [0.29, 0.717) is 5.69 Å². The number of hydrogen-bond acceptors (Lipinski definition) is 2. The summed E-state index contributed by atoms with van der Waals surface area (Å²) >= 11 is 0. The number of aryl methyl sites for hydroxylation is 1. The summed E-state index contributed by atoms with van der Waals surface area (Å²) in [5.74, 6) is 0.922. The Morgan fingerprint density at radius 2 is 2.06 bits per heavy atom. The predicted molar refractivity (Wildman–Crippen MR) is 74.5 cm³/mol. The molecule has 0 aromatic heterocycles. The van der Waals surface area contributed by atoms with E-state index in [1.54, 1.807) is 6.07 Å². The molecule has 2 rings (SSSR count). The summed E-state index contributed by atoms with van der Waals surface area (Å²) in [6.45, 7) is 5.95. The van der Waals surface area contributed by atoms with Gasteiger partial charge in [-0.2, -0.15) is 0 Å². The lowest BCUT2D eigenvalue weighted by Crippen LogP contribution is -2.38. The molecule has 0 aliphatic carbocycles. The lowest BCUT2D eigenvalue weighted by Gasteiger charge is -2.32. The van der Waals surface area contributed by atoms with Crippen molar-refractivity contribution in [2.75, 3.05) is 18.8 Å². The normalized spacial score (nSPS) is 16.9. The number of carbonyl (C=O) groups excluding carboxylic acids is 1. The fourth-order valence-corrected chi connectivity index (χ4v) is 2.58. The van der Waals surface area contributed by atoms with Gasteiger partial charge in [0.05, 0.1) is 0 Å². The van der Waals surface area contributed by atoms with Crippen molar-refractivity contribution in [1.82, 2.24) is 4.90 Å². The fourth-order valence-electron chi connectivity index (χ4n) is 2.58. The topological polar surface area (TPSA) is 46.3 Å². The van der Waals surface area contributed by atoms with Crippen LogP contribution in [0.4, 0.5) is 5.69 Å². The van der Waals surface area contributed by atoms with E-state index < -0.39 is 0 Å². The highest BCUT2D eigenvalue weighted by atomic mass is 16.2. The molecule has 1 aromatic carbocycles. The van der Waals surface area contributed by atoms with Gasteiger partial charge in [-0.15, -0.1) is 0 Å². The highest BCUT2D eigenvalue weighted by Gasteiger charge is 2.23. The van der Waals surface area contributed by atoms with Crippen molar-refractivity contribution < 1.29 is 4.79 Å². The van der Waals surface area contributed by atoms with E-state index in [1.807, 2.05) is 24.0 Å². The van der Waals surface area contributed by atoms with Gasteiger partial charge in [-0.3, -0.25) is 4.79 Å². The number of likely N-dealkylation sites (tertiary alicyclic amines) is 1. The molecule has 1 heterocycles. The molecule has 1 saturated heterocycles. The summed E-state index contributed by atoms with van der Waals surface area (Å²) in [7, 11) is 0. The molecule has 1 aliphatic heterocycles. The van der Waals surface area contributed by atoms with Gasteiger partial charge in [0.25, 0.3) is 5.91 Å². The van der Waals surface area contributed by atoms with Crippen LogP contribution in [0.5, 0.6) is 0 Å². The number of nitrogens with two attached hydrogens (primary N) is 1. The van der Waals surface area contributed by atoms with Crippen molar-refractivity contribution >= 4 is 11.6 Å². The molecule has 98 valence electrons. The minimum atomic E-state index is 0.134. The molecular weight excluding hydrogens is 224 g/mol. The molecule has 0 bridgehead atoms. The van der Waals surface area contributed by atoms with Crippen LogP contribution in [-0.2, 0) is 0 Å². The molecule has 2 N–H and O–H groups in total. The molecule has 0 unspecified atom stereocenters. The van der Waals surface area contributed by atoms with Crippen LogP contribution in [0.2, 0.25) is 0 Å². The van der Waals surface area contributed by atoms with Crippen LogP contribution in [-0.4, -0.2) is 23.9 Å². The maximum Gasteiger partial charge on any atom is 0.254 e. The smallest absolute Gasteiger partial charge is 0.254 e. The van der Waals surface area contributed by atoms with Crippen molar-refractivity contribution in [3.63, 3.8) is 0 Å². The van der Waals surface area contributed by atoms with Crippen molar-refractivity contribution in [2.24, 2.45) is 5.92 Å². The highest BCUT2D eigenvalue weighted by molar-refractivity contribution is 5.96. The first kappa shape index (κ1) is 12.9. The first-order valence-electron chi connectivity index (χ1n) is 6.77. The lowest BCUT2D eigenvalue weighted by atomic mass is 9.94. The maximum atomic E-state index is 12.4.